The molecule has 16 heavy (non-hydrogen) atoms. The van der Waals surface area contributed by atoms with Gasteiger partial charge in [0.15, 0.2) is 0 Å². The largest absolute Gasteiger partial charge is 0.379 e. The topological polar surface area (TPSA) is 30.5 Å². The predicted octanol–water partition coefficient (Wildman–Crippen LogP) is 2.07. The monoisotopic (exact) mass is 229 g/mol. The second kappa shape index (κ2) is 8.97. The van der Waals surface area contributed by atoms with Crippen molar-refractivity contribution in [3.63, 3.8) is 0 Å². The van der Waals surface area contributed by atoms with Gasteiger partial charge in [-0.2, -0.15) is 0 Å². The van der Waals surface area contributed by atoms with E-state index in [2.05, 4.69) is 19.2 Å². The lowest BCUT2D eigenvalue weighted by atomic mass is 9.97. The summed E-state index contributed by atoms with van der Waals surface area (Å²) in [7, 11) is 0. The first-order valence-electron chi connectivity index (χ1n) is 6.65. The van der Waals surface area contributed by atoms with Crippen molar-refractivity contribution >= 4 is 0 Å². The van der Waals surface area contributed by atoms with Crippen molar-refractivity contribution in [3.8, 4) is 0 Å². The van der Waals surface area contributed by atoms with Crippen LogP contribution in [0.1, 0.15) is 33.1 Å². The Morgan fingerprint density at radius 1 is 1.19 bits per heavy atom. The molecular weight excluding hydrogens is 202 g/mol. The zero-order chi connectivity index (χ0) is 11.6. The van der Waals surface area contributed by atoms with Crippen molar-refractivity contribution in [2.75, 3.05) is 39.5 Å². The molecule has 0 spiro atoms. The standard InChI is InChI=1S/C13H27NO2/c1-12(2)11-16-9-8-15-7-5-13-4-3-6-14-10-13/h12-14H,3-11H2,1-2H3. The van der Waals surface area contributed by atoms with E-state index < -0.39 is 0 Å². The minimum absolute atomic E-state index is 0.619. The van der Waals surface area contributed by atoms with Crippen LogP contribution in [0, 0.1) is 11.8 Å². The molecule has 0 saturated carbocycles. The summed E-state index contributed by atoms with van der Waals surface area (Å²) >= 11 is 0. The molecule has 0 bridgehead atoms. The van der Waals surface area contributed by atoms with E-state index in [0.717, 1.165) is 32.3 Å². The van der Waals surface area contributed by atoms with Gasteiger partial charge in [-0.05, 0) is 44.2 Å². The van der Waals surface area contributed by atoms with Crippen LogP contribution in [0.4, 0.5) is 0 Å². The molecule has 0 radical (unpaired) electrons. The molecule has 1 saturated heterocycles. The molecule has 1 N–H and O–H groups in total. The van der Waals surface area contributed by atoms with Crippen LogP contribution in [0.3, 0.4) is 0 Å². The van der Waals surface area contributed by atoms with Gasteiger partial charge in [0.25, 0.3) is 0 Å². The first kappa shape index (κ1) is 13.9. The van der Waals surface area contributed by atoms with Gasteiger partial charge in [0, 0.05) is 13.2 Å². The second-order valence-corrected chi connectivity index (χ2v) is 5.08. The SMILES string of the molecule is CC(C)COCCOCCC1CCCNC1. The first-order valence-corrected chi connectivity index (χ1v) is 6.65. The lowest BCUT2D eigenvalue weighted by Crippen LogP contribution is -2.30. The molecule has 1 unspecified atom stereocenters. The number of nitrogens with one attached hydrogen (secondary N) is 1. The molecule has 1 atom stereocenters. The van der Waals surface area contributed by atoms with E-state index in [1.807, 2.05) is 0 Å². The molecule has 0 aromatic heterocycles. The normalized spacial score (nSPS) is 21.6. The van der Waals surface area contributed by atoms with Gasteiger partial charge in [-0.1, -0.05) is 13.8 Å². The van der Waals surface area contributed by atoms with Crippen LogP contribution in [0.25, 0.3) is 0 Å². The molecule has 3 heteroatoms. The van der Waals surface area contributed by atoms with Gasteiger partial charge in [0.1, 0.15) is 0 Å². The van der Waals surface area contributed by atoms with E-state index in [1.165, 1.54) is 32.4 Å². The highest BCUT2D eigenvalue weighted by atomic mass is 16.5. The fourth-order valence-electron chi connectivity index (χ4n) is 1.96. The van der Waals surface area contributed by atoms with Crippen molar-refractivity contribution in [2.24, 2.45) is 11.8 Å². The molecule has 0 aromatic carbocycles. The molecule has 96 valence electrons. The summed E-state index contributed by atoms with van der Waals surface area (Å²) in [6.07, 6.45) is 3.87. The van der Waals surface area contributed by atoms with Crippen molar-refractivity contribution in [3.05, 3.63) is 0 Å². The summed E-state index contributed by atoms with van der Waals surface area (Å²) < 4.78 is 11.0. The Bertz CT molecular complexity index is 156. The van der Waals surface area contributed by atoms with Crippen LogP contribution in [0.2, 0.25) is 0 Å². The summed E-state index contributed by atoms with van der Waals surface area (Å²) in [5.41, 5.74) is 0. The summed E-state index contributed by atoms with van der Waals surface area (Å²) in [5.74, 6) is 1.44. The van der Waals surface area contributed by atoms with E-state index in [4.69, 9.17) is 9.47 Å². The van der Waals surface area contributed by atoms with Crippen molar-refractivity contribution in [2.45, 2.75) is 33.1 Å². The highest BCUT2D eigenvalue weighted by molar-refractivity contribution is 4.68. The lowest BCUT2D eigenvalue weighted by Gasteiger charge is -2.22. The molecule has 1 aliphatic heterocycles. The van der Waals surface area contributed by atoms with Gasteiger partial charge in [-0.3, -0.25) is 0 Å². The number of piperidine rings is 1. The number of ether oxygens (including phenoxy) is 2. The van der Waals surface area contributed by atoms with Crippen molar-refractivity contribution in [1.29, 1.82) is 0 Å². The first-order chi connectivity index (χ1) is 7.79. The van der Waals surface area contributed by atoms with Gasteiger partial charge in [0.2, 0.25) is 0 Å². The maximum atomic E-state index is 5.57. The molecular formula is C13H27NO2. The number of hydrogen-bond acceptors (Lipinski definition) is 3. The van der Waals surface area contributed by atoms with E-state index >= 15 is 0 Å². The molecule has 1 rings (SSSR count). The summed E-state index contributed by atoms with van der Waals surface area (Å²) in [6, 6.07) is 0. The van der Waals surface area contributed by atoms with Gasteiger partial charge < -0.3 is 14.8 Å². The van der Waals surface area contributed by atoms with Crippen LogP contribution >= 0.6 is 0 Å². The molecule has 0 aliphatic carbocycles. The molecule has 1 aliphatic rings. The van der Waals surface area contributed by atoms with Crippen LogP contribution in [0.15, 0.2) is 0 Å². The smallest absolute Gasteiger partial charge is 0.0700 e. The quantitative estimate of drug-likeness (QED) is 0.646. The minimum atomic E-state index is 0.619. The Kier molecular flexibility index (Phi) is 7.81. The van der Waals surface area contributed by atoms with E-state index in [-0.39, 0.29) is 0 Å². The lowest BCUT2D eigenvalue weighted by molar-refractivity contribution is 0.0328. The maximum absolute atomic E-state index is 5.57. The van der Waals surface area contributed by atoms with Crippen LogP contribution in [-0.2, 0) is 9.47 Å². The highest BCUT2D eigenvalue weighted by Crippen LogP contribution is 2.13. The third-order valence-electron chi connectivity index (χ3n) is 2.89. The summed E-state index contributed by atoms with van der Waals surface area (Å²) in [4.78, 5) is 0. The van der Waals surface area contributed by atoms with E-state index in [1.54, 1.807) is 0 Å². The average Bonchev–Trinajstić information content (AvgIpc) is 2.29. The molecule has 3 nitrogen and oxygen atoms in total. The maximum Gasteiger partial charge on any atom is 0.0700 e. The minimum Gasteiger partial charge on any atom is -0.379 e. The second-order valence-electron chi connectivity index (χ2n) is 5.08. The van der Waals surface area contributed by atoms with Gasteiger partial charge in [-0.15, -0.1) is 0 Å². The van der Waals surface area contributed by atoms with Crippen LogP contribution < -0.4 is 5.32 Å². The fraction of sp³-hybridized carbons (Fsp3) is 1.00. The van der Waals surface area contributed by atoms with Crippen LogP contribution in [-0.4, -0.2) is 39.5 Å². The van der Waals surface area contributed by atoms with Crippen LogP contribution in [0.5, 0.6) is 0 Å². The average molecular weight is 229 g/mol. The van der Waals surface area contributed by atoms with Gasteiger partial charge in [-0.25, -0.2) is 0 Å². The van der Waals surface area contributed by atoms with Gasteiger partial charge in [0.05, 0.1) is 13.2 Å². The zero-order valence-corrected chi connectivity index (χ0v) is 10.8. The van der Waals surface area contributed by atoms with E-state index in [0.29, 0.717) is 5.92 Å². The highest BCUT2D eigenvalue weighted by Gasteiger charge is 2.11. The molecule has 0 amide bonds. The Balaban J connectivity index is 1.80. The van der Waals surface area contributed by atoms with E-state index in [9.17, 15) is 0 Å². The molecule has 1 heterocycles. The fourth-order valence-corrected chi connectivity index (χ4v) is 1.96. The predicted molar refractivity (Wildman–Crippen MR) is 66.7 cm³/mol. The third-order valence-corrected chi connectivity index (χ3v) is 2.89. The zero-order valence-electron chi connectivity index (χ0n) is 10.8. The Hall–Kier alpha value is -0.120. The summed E-state index contributed by atoms with van der Waals surface area (Å²) in [6.45, 7) is 9.91. The Morgan fingerprint density at radius 3 is 2.69 bits per heavy atom. The third kappa shape index (κ3) is 7.20. The summed E-state index contributed by atoms with van der Waals surface area (Å²) in [5, 5.41) is 3.43. The Morgan fingerprint density at radius 2 is 2.00 bits per heavy atom. The van der Waals surface area contributed by atoms with Crippen molar-refractivity contribution in [1.82, 2.24) is 5.32 Å². The number of rotatable bonds is 8. The Labute approximate surface area is 99.9 Å². The molecule has 0 aromatic rings. The van der Waals surface area contributed by atoms with Crippen molar-refractivity contribution < 1.29 is 9.47 Å². The number of hydrogen-bond donors (Lipinski definition) is 1. The molecule has 1 fully saturated rings. The van der Waals surface area contributed by atoms with Gasteiger partial charge >= 0.3 is 0 Å².